The second-order valence-electron chi connectivity index (χ2n) is 5.92. The highest BCUT2D eigenvalue weighted by Gasteiger charge is 2.37. The first kappa shape index (κ1) is 16.7. The molecule has 0 saturated carbocycles. The molecule has 4 heteroatoms. The van der Waals surface area contributed by atoms with E-state index in [1.54, 1.807) is 0 Å². The number of nitrogens with zero attached hydrogens (tertiary/aromatic N) is 2. The van der Waals surface area contributed by atoms with Crippen LogP contribution < -0.4 is 5.73 Å². The highest BCUT2D eigenvalue weighted by atomic mass is 16.1. The number of hydrogen-bond donors (Lipinski definition) is 1. The topological polar surface area (TPSA) is 49.6 Å². The molecule has 0 aliphatic heterocycles. The van der Waals surface area contributed by atoms with E-state index in [9.17, 15) is 4.79 Å². The van der Waals surface area contributed by atoms with Gasteiger partial charge in [-0.3, -0.25) is 4.79 Å². The molecule has 112 valence electrons. The lowest BCUT2D eigenvalue weighted by molar-refractivity contribution is -0.124. The van der Waals surface area contributed by atoms with Crippen molar-refractivity contribution in [3.05, 3.63) is 35.9 Å². The summed E-state index contributed by atoms with van der Waals surface area (Å²) in [6.45, 7) is 1.68. The van der Waals surface area contributed by atoms with Crippen LogP contribution in [0.3, 0.4) is 0 Å². The summed E-state index contributed by atoms with van der Waals surface area (Å²) in [4.78, 5) is 16.4. The van der Waals surface area contributed by atoms with Gasteiger partial charge in [-0.25, -0.2) is 0 Å². The number of nitrogens with two attached hydrogens (primary N) is 1. The van der Waals surface area contributed by atoms with E-state index in [4.69, 9.17) is 5.73 Å². The molecule has 1 aromatic rings. The molecule has 4 nitrogen and oxygen atoms in total. The zero-order chi connectivity index (χ0) is 15.2. The summed E-state index contributed by atoms with van der Waals surface area (Å²) < 4.78 is 0. The Hall–Kier alpha value is -1.39. The highest BCUT2D eigenvalue weighted by Crippen LogP contribution is 2.32. The SMILES string of the molecule is CN(C)CCC(CCN(C)C)(C(N)=O)c1ccccc1. The molecular formula is C16H27N3O. The molecule has 2 N–H and O–H groups in total. The van der Waals surface area contributed by atoms with Crippen molar-refractivity contribution < 1.29 is 4.79 Å². The molecule has 0 saturated heterocycles. The molecule has 0 aliphatic carbocycles. The largest absolute Gasteiger partial charge is 0.369 e. The van der Waals surface area contributed by atoms with Crippen LogP contribution in [0.2, 0.25) is 0 Å². The summed E-state index contributed by atoms with van der Waals surface area (Å²) in [5.74, 6) is -0.229. The zero-order valence-electron chi connectivity index (χ0n) is 13.1. The second kappa shape index (κ2) is 7.41. The van der Waals surface area contributed by atoms with Crippen LogP contribution in [0.25, 0.3) is 0 Å². The van der Waals surface area contributed by atoms with Crippen molar-refractivity contribution in [2.75, 3.05) is 41.3 Å². The number of carbonyl (C=O) groups is 1. The van der Waals surface area contributed by atoms with Crippen molar-refractivity contribution >= 4 is 5.91 Å². The lowest BCUT2D eigenvalue weighted by Gasteiger charge is -2.33. The van der Waals surface area contributed by atoms with Gasteiger partial charge in [0.05, 0.1) is 5.41 Å². The fourth-order valence-electron chi connectivity index (χ4n) is 2.39. The molecule has 0 bridgehead atoms. The fourth-order valence-corrected chi connectivity index (χ4v) is 2.39. The van der Waals surface area contributed by atoms with E-state index in [-0.39, 0.29) is 5.91 Å². The maximum absolute atomic E-state index is 12.2. The van der Waals surface area contributed by atoms with Crippen LogP contribution in [0, 0.1) is 0 Å². The average molecular weight is 277 g/mol. The lowest BCUT2D eigenvalue weighted by Crippen LogP contribution is -2.45. The summed E-state index contributed by atoms with van der Waals surface area (Å²) in [5, 5.41) is 0. The molecule has 1 rings (SSSR count). The van der Waals surface area contributed by atoms with Gasteiger partial charge in [0.15, 0.2) is 0 Å². The van der Waals surface area contributed by atoms with E-state index in [0.717, 1.165) is 31.5 Å². The van der Waals surface area contributed by atoms with Crippen LogP contribution in [0.15, 0.2) is 30.3 Å². The van der Waals surface area contributed by atoms with Gasteiger partial charge in [-0.2, -0.15) is 0 Å². The minimum absolute atomic E-state index is 0.229. The van der Waals surface area contributed by atoms with Crippen molar-refractivity contribution in [2.24, 2.45) is 5.73 Å². The third-order valence-corrected chi connectivity index (χ3v) is 3.77. The van der Waals surface area contributed by atoms with Crippen LogP contribution >= 0.6 is 0 Å². The molecule has 1 amide bonds. The van der Waals surface area contributed by atoms with Gasteiger partial charge in [-0.05, 0) is 59.7 Å². The molecule has 20 heavy (non-hydrogen) atoms. The zero-order valence-corrected chi connectivity index (χ0v) is 13.1. The number of rotatable bonds is 8. The lowest BCUT2D eigenvalue weighted by atomic mass is 9.74. The van der Waals surface area contributed by atoms with Crippen molar-refractivity contribution in [1.82, 2.24) is 9.80 Å². The summed E-state index contributed by atoms with van der Waals surface area (Å²) >= 11 is 0. The number of hydrogen-bond acceptors (Lipinski definition) is 3. The average Bonchev–Trinajstić information content (AvgIpc) is 2.39. The maximum Gasteiger partial charge on any atom is 0.228 e. The van der Waals surface area contributed by atoms with Crippen LogP contribution in [0.4, 0.5) is 0 Å². The van der Waals surface area contributed by atoms with Gasteiger partial charge in [0.25, 0.3) is 0 Å². The maximum atomic E-state index is 12.2. The molecule has 0 aliphatic rings. The van der Waals surface area contributed by atoms with Crippen molar-refractivity contribution in [3.8, 4) is 0 Å². The number of primary amides is 1. The summed E-state index contributed by atoms with van der Waals surface area (Å²) in [7, 11) is 8.07. The van der Waals surface area contributed by atoms with Crippen molar-refractivity contribution in [1.29, 1.82) is 0 Å². The predicted octanol–water partition coefficient (Wildman–Crippen LogP) is 1.31. The monoisotopic (exact) mass is 277 g/mol. The van der Waals surface area contributed by atoms with Crippen LogP contribution in [0.5, 0.6) is 0 Å². The molecule has 0 heterocycles. The van der Waals surface area contributed by atoms with E-state index in [2.05, 4.69) is 9.80 Å². The first-order valence-electron chi connectivity index (χ1n) is 7.03. The van der Waals surface area contributed by atoms with Gasteiger partial charge in [-0.1, -0.05) is 30.3 Å². The highest BCUT2D eigenvalue weighted by molar-refractivity contribution is 5.86. The smallest absolute Gasteiger partial charge is 0.228 e. The van der Waals surface area contributed by atoms with Gasteiger partial charge in [-0.15, -0.1) is 0 Å². The quantitative estimate of drug-likeness (QED) is 0.779. The molecule has 1 aromatic carbocycles. The minimum Gasteiger partial charge on any atom is -0.369 e. The van der Waals surface area contributed by atoms with E-state index in [1.165, 1.54) is 0 Å². The van der Waals surface area contributed by atoms with Gasteiger partial charge in [0.1, 0.15) is 0 Å². The standard InChI is InChI=1S/C16H27N3O/c1-18(2)12-10-16(15(17)20,11-13-19(3)4)14-8-6-5-7-9-14/h5-9H,10-13H2,1-4H3,(H2,17,20). The Labute approximate surface area is 122 Å². The summed E-state index contributed by atoms with van der Waals surface area (Å²) in [6.07, 6.45) is 1.49. The molecule has 0 spiro atoms. The third-order valence-electron chi connectivity index (χ3n) is 3.77. The second-order valence-corrected chi connectivity index (χ2v) is 5.92. The Kier molecular flexibility index (Phi) is 6.17. The summed E-state index contributed by atoms with van der Waals surface area (Å²) in [6, 6.07) is 9.93. The van der Waals surface area contributed by atoms with Gasteiger partial charge in [0, 0.05) is 0 Å². The minimum atomic E-state index is -0.587. The number of amides is 1. The van der Waals surface area contributed by atoms with E-state index in [0.29, 0.717) is 0 Å². The van der Waals surface area contributed by atoms with Crippen LogP contribution in [-0.2, 0) is 10.2 Å². The van der Waals surface area contributed by atoms with Gasteiger partial charge >= 0.3 is 0 Å². The van der Waals surface area contributed by atoms with E-state index in [1.807, 2.05) is 58.5 Å². The van der Waals surface area contributed by atoms with Crippen molar-refractivity contribution in [2.45, 2.75) is 18.3 Å². The Balaban J connectivity index is 3.09. The molecule has 0 fully saturated rings. The molecule has 0 radical (unpaired) electrons. The predicted molar refractivity (Wildman–Crippen MR) is 83.7 cm³/mol. The van der Waals surface area contributed by atoms with Gasteiger partial charge in [0.2, 0.25) is 5.91 Å². The number of benzene rings is 1. The van der Waals surface area contributed by atoms with Gasteiger partial charge < -0.3 is 15.5 Å². The fraction of sp³-hybridized carbons (Fsp3) is 0.562. The normalized spacial score (nSPS) is 12.1. The molecule has 0 unspecified atom stereocenters. The van der Waals surface area contributed by atoms with Crippen LogP contribution in [-0.4, -0.2) is 57.0 Å². The first-order valence-corrected chi connectivity index (χ1v) is 7.03. The van der Waals surface area contributed by atoms with E-state index >= 15 is 0 Å². The Morgan fingerprint density at radius 1 is 1.00 bits per heavy atom. The Morgan fingerprint density at radius 3 is 1.80 bits per heavy atom. The Bertz CT molecular complexity index is 403. The number of carbonyl (C=O) groups excluding carboxylic acids is 1. The first-order chi connectivity index (χ1) is 9.38. The molecular weight excluding hydrogens is 250 g/mol. The third kappa shape index (κ3) is 4.32. The Morgan fingerprint density at radius 2 is 1.45 bits per heavy atom. The molecule has 0 atom stereocenters. The molecule has 0 aromatic heterocycles. The van der Waals surface area contributed by atoms with E-state index < -0.39 is 5.41 Å². The summed E-state index contributed by atoms with van der Waals surface area (Å²) in [5.41, 5.74) is 6.24. The van der Waals surface area contributed by atoms with Crippen molar-refractivity contribution in [3.63, 3.8) is 0 Å². The van der Waals surface area contributed by atoms with Crippen LogP contribution in [0.1, 0.15) is 18.4 Å².